The number of nitrogens with two attached hydrogens (primary N) is 1. The van der Waals surface area contributed by atoms with Crippen molar-refractivity contribution in [3.63, 3.8) is 0 Å². The van der Waals surface area contributed by atoms with Gasteiger partial charge in [-0.05, 0) is 94.7 Å². The van der Waals surface area contributed by atoms with Gasteiger partial charge in [0.1, 0.15) is 5.60 Å². The molecule has 3 amide bonds. The lowest BCUT2D eigenvalue weighted by Gasteiger charge is -2.35. The highest BCUT2D eigenvalue weighted by Crippen LogP contribution is 2.32. The number of carbonyl (C=O) groups excluding carboxylic acids is 3. The van der Waals surface area contributed by atoms with E-state index in [2.05, 4.69) is 16.0 Å². The molecule has 1 aliphatic rings. The van der Waals surface area contributed by atoms with Gasteiger partial charge in [0.25, 0.3) is 5.91 Å². The molecule has 10 nitrogen and oxygen atoms in total. The first-order valence-corrected chi connectivity index (χ1v) is 16.7. The zero-order valence-electron chi connectivity index (χ0n) is 24.8. The van der Waals surface area contributed by atoms with Crippen molar-refractivity contribution in [2.45, 2.75) is 73.7 Å². The molecule has 242 valence electrons. The average Bonchev–Trinajstić information content (AvgIpc) is 2.91. The molecular weight excluding hydrogens is 621 g/mol. The molecule has 0 saturated heterocycles. The van der Waals surface area contributed by atoms with Crippen molar-refractivity contribution in [2.24, 2.45) is 11.7 Å². The molecule has 0 unspecified atom stereocenters. The smallest absolute Gasteiger partial charge is 0.416 e. The fraction of sp³-hybridized carbons (Fsp3) is 0.483. The summed E-state index contributed by atoms with van der Waals surface area (Å²) >= 11 is 1.48. The summed E-state index contributed by atoms with van der Waals surface area (Å²) in [6.45, 7) is 4.15. The van der Waals surface area contributed by atoms with Gasteiger partial charge in [-0.2, -0.15) is 13.2 Å². The molecule has 3 atom stereocenters. The Morgan fingerprint density at radius 2 is 1.70 bits per heavy atom. The summed E-state index contributed by atoms with van der Waals surface area (Å²) in [6.07, 6.45) is -2.56. The van der Waals surface area contributed by atoms with Gasteiger partial charge in [0, 0.05) is 17.0 Å². The molecule has 3 rings (SSSR count). The van der Waals surface area contributed by atoms with Gasteiger partial charge in [-0.15, -0.1) is 11.8 Å². The highest BCUT2D eigenvalue weighted by atomic mass is 32.2. The Labute approximate surface area is 259 Å². The number of nitrogens with one attached hydrogen (secondary N) is 3. The normalized spacial score (nSPS) is 19.1. The van der Waals surface area contributed by atoms with Crippen LogP contribution in [0.4, 0.5) is 23.7 Å². The number of hydrogen-bond donors (Lipinski definition) is 4. The fourth-order valence-corrected chi connectivity index (χ4v) is 6.86. The van der Waals surface area contributed by atoms with E-state index < -0.39 is 69.2 Å². The van der Waals surface area contributed by atoms with Gasteiger partial charge in [-0.25, -0.2) is 13.2 Å². The van der Waals surface area contributed by atoms with Crippen molar-refractivity contribution in [1.82, 2.24) is 10.6 Å². The Hall–Kier alpha value is -3.30. The third-order valence-corrected chi connectivity index (χ3v) is 9.47. The number of carbonyl (C=O) groups is 3. The first kappa shape index (κ1) is 35.2. The number of thioether (sulfide) groups is 1. The second kappa shape index (κ2) is 14.2. The SMILES string of the molecule is CSc1ccc(S(=O)(=O)C[C@@H]2CC[C@@H](N)C[C@@H]2NC(=O)CNC(=O)c2cc(C(F)(F)F)ccc2NC(=O)OC(C)(C)C)cc1. The molecule has 1 saturated carbocycles. The topological polar surface area (TPSA) is 157 Å². The van der Waals surface area contributed by atoms with Crippen LogP contribution < -0.4 is 21.7 Å². The van der Waals surface area contributed by atoms with Crippen LogP contribution in [0.5, 0.6) is 0 Å². The highest BCUT2D eigenvalue weighted by Gasteiger charge is 2.35. The van der Waals surface area contributed by atoms with E-state index >= 15 is 0 Å². The van der Waals surface area contributed by atoms with Gasteiger partial charge in [0.05, 0.1) is 34.0 Å². The lowest BCUT2D eigenvalue weighted by molar-refractivity contribution is -0.137. The van der Waals surface area contributed by atoms with Crippen molar-refractivity contribution in [3.8, 4) is 0 Å². The Morgan fingerprint density at radius 1 is 1.05 bits per heavy atom. The van der Waals surface area contributed by atoms with Crippen molar-refractivity contribution >= 4 is 45.2 Å². The van der Waals surface area contributed by atoms with E-state index in [1.165, 1.54) is 11.8 Å². The van der Waals surface area contributed by atoms with Gasteiger partial charge >= 0.3 is 12.3 Å². The molecule has 15 heteroatoms. The van der Waals surface area contributed by atoms with Crippen molar-refractivity contribution in [3.05, 3.63) is 53.6 Å². The van der Waals surface area contributed by atoms with Gasteiger partial charge in [-0.3, -0.25) is 14.9 Å². The quantitative estimate of drug-likeness (QED) is 0.285. The first-order chi connectivity index (χ1) is 20.4. The first-order valence-electron chi connectivity index (χ1n) is 13.8. The Balaban J connectivity index is 1.71. The van der Waals surface area contributed by atoms with Crippen LogP contribution in [0.3, 0.4) is 0 Å². The van der Waals surface area contributed by atoms with Crippen LogP contribution >= 0.6 is 11.8 Å². The molecule has 1 fully saturated rings. The summed E-state index contributed by atoms with van der Waals surface area (Å²) in [6, 6.07) is 7.81. The van der Waals surface area contributed by atoms with Crippen LogP contribution in [0.25, 0.3) is 0 Å². The number of hydrogen-bond acceptors (Lipinski definition) is 8. The molecule has 0 bridgehead atoms. The van der Waals surface area contributed by atoms with E-state index in [1.54, 1.807) is 45.0 Å². The largest absolute Gasteiger partial charge is 0.444 e. The second-order valence-electron chi connectivity index (χ2n) is 11.5. The Bertz CT molecular complexity index is 1460. The third kappa shape index (κ3) is 10.1. The van der Waals surface area contributed by atoms with E-state index in [9.17, 15) is 36.0 Å². The molecule has 5 N–H and O–H groups in total. The number of benzene rings is 2. The van der Waals surface area contributed by atoms with E-state index in [4.69, 9.17) is 10.5 Å². The van der Waals surface area contributed by atoms with Gasteiger partial charge in [0.15, 0.2) is 9.84 Å². The summed E-state index contributed by atoms with van der Waals surface area (Å²) in [5, 5.41) is 7.28. The van der Waals surface area contributed by atoms with Crippen molar-refractivity contribution in [1.29, 1.82) is 0 Å². The van der Waals surface area contributed by atoms with Crippen LogP contribution in [0, 0.1) is 5.92 Å². The number of rotatable bonds is 9. The van der Waals surface area contributed by atoms with Crippen LogP contribution in [-0.2, 0) is 25.5 Å². The van der Waals surface area contributed by atoms with Crippen LogP contribution in [-0.4, -0.2) is 62.6 Å². The standard InChI is InChI=1S/C29H37F3N4O6S2/c1-28(2,3)42-27(39)36-23-12-6-18(29(30,31)32)13-22(23)26(38)34-15-25(37)35-24-14-19(33)7-5-17(24)16-44(40,41)21-10-8-20(43-4)9-11-21/h6,8-13,17,19,24H,5,7,14-16,33H2,1-4H3,(H,34,38)(H,35,37)(H,36,39)/t17-,19+,24-/m0/s1. The summed E-state index contributed by atoms with van der Waals surface area (Å²) < 4.78 is 71.6. The molecule has 0 heterocycles. The minimum Gasteiger partial charge on any atom is -0.444 e. The molecule has 2 aromatic rings. The Kier molecular flexibility index (Phi) is 11.4. The van der Waals surface area contributed by atoms with Gasteiger partial charge in [-0.1, -0.05) is 0 Å². The van der Waals surface area contributed by atoms with E-state index in [0.29, 0.717) is 31.4 Å². The molecule has 0 aromatic heterocycles. The van der Waals surface area contributed by atoms with Gasteiger partial charge in [0.2, 0.25) is 5.91 Å². The van der Waals surface area contributed by atoms with E-state index in [1.807, 2.05) is 6.26 Å². The van der Waals surface area contributed by atoms with Crippen molar-refractivity contribution in [2.75, 3.05) is 23.9 Å². The molecule has 1 aliphatic carbocycles. The zero-order valence-corrected chi connectivity index (χ0v) is 26.4. The summed E-state index contributed by atoms with van der Waals surface area (Å²) in [5.41, 5.74) is 3.28. The number of amides is 3. The maximum absolute atomic E-state index is 13.4. The van der Waals surface area contributed by atoms with Crippen LogP contribution in [0.1, 0.15) is 56.0 Å². The fourth-order valence-electron chi connectivity index (χ4n) is 4.75. The second-order valence-corrected chi connectivity index (χ2v) is 14.4. The molecule has 0 radical (unpaired) electrons. The number of sulfone groups is 1. The minimum absolute atomic E-state index is 0.166. The average molecular weight is 659 g/mol. The minimum atomic E-state index is -4.77. The molecule has 2 aromatic carbocycles. The van der Waals surface area contributed by atoms with E-state index in [0.717, 1.165) is 11.0 Å². The summed E-state index contributed by atoms with van der Waals surface area (Å²) in [5.74, 6) is -2.41. The van der Waals surface area contributed by atoms with Crippen molar-refractivity contribution < 1.29 is 40.7 Å². The molecule has 0 spiro atoms. The monoisotopic (exact) mass is 658 g/mol. The number of halogens is 3. The molecule has 44 heavy (non-hydrogen) atoms. The predicted octanol–water partition coefficient (Wildman–Crippen LogP) is 4.59. The lowest BCUT2D eigenvalue weighted by atomic mass is 9.83. The maximum Gasteiger partial charge on any atom is 0.416 e. The number of ether oxygens (including phenoxy) is 1. The van der Waals surface area contributed by atoms with Gasteiger partial charge < -0.3 is 21.1 Å². The summed E-state index contributed by atoms with van der Waals surface area (Å²) in [7, 11) is -3.68. The lowest BCUT2D eigenvalue weighted by Crippen LogP contribution is -2.51. The van der Waals surface area contributed by atoms with E-state index in [-0.39, 0.29) is 22.4 Å². The predicted molar refractivity (Wildman–Crippen MR) is 161 cm³/mol. The third-order valence-electron chi connectivity index (χ3n) is 6.87. The number of anilines is 1. The summed E-state index contributed by atoms with van der Waals surface area (Å²) in [4.78, 5) is 39.1. The zero-order chi connectivity index (χ0) is 32.9. The van der Waals surface area contributed by atoms with Crippen LogP contribution in [0.2, 0.25) is 0 Å². The number of alkyl halides is 3. The highest BCUT2D eigenvalue weighted by molar-refractivity contribution is 7.98. The van der Waals surface area contributed by atoms with Crippen LogP contribution in [0.15, 0.2) is 52.3 Å². The molecule has 0 aliphatic heterocycles. The molecular formula is C29H37F3N4O6S2. The maximum atomic E-state index is 13.4. The Morgan fingerprint density at radius 3 is 2.30 bits per heavy atom.